The van der Waals surface area contributed by atoms with E-state index in [0.717, 1.165) is 51.9 Å². The molecule has 2 saturated heterocycles. The van der Waals surface area contributed by atoms with E-state index in [1.54, 1.807) is 0 Å². The number of piperidine rings is 2. The van der Waals surface area contributed by atoms with Gasteiger partial charge < -0.3 is 14.9 Å². The van der Waals surface area contributed by atoms with Crippen molar-refractivity contribution in [3.05, 3.63) is 0 Å². The molecule has 0 bridgehead atoms. The topological polar surface area (TPSA) is 43.8 Å². The zero-order valence-corrected chi connectivity index (χ0v) is 16.3. The molecule has 0 aromatic carbocycles. The molecule has 3 aliphatic rings. The lowest BCUT2D eigenvalue weighted by Gasteiger charge is -2.56. The van der Waals surface area contributed by atoms with Crippen molar-refractivity contribution in [1.82, 2.24) is 9.80 Å². The van der Waals surface area contributed by atoms with Gasteiger partial charge in [-0.1, -0.05) is 20.8 Å². The van der Waals surface area contributed by atoms with E-state index in [2.05, 4.69) is 16.7 Å². The average Bonchev–Trinajstić information content (AvgIpc) is 2.61. The summed E-state index contributed by atoms with van der Waals surface area (Å²) in [6.45, 7) is 12.1. The summed E-state index contributed by atoms with van der Waals surface area (Å²) in [5, 5.41) is 9.97. The summed E-state index contributed by atoms with van der Waals surface area (Å²) in [4.78, 5) is 17.8. The molecule has 1 saturated carbocycles. The van der Waals surface area contributed by atoms with Crippen molar-refractivity contribution in [1.29, 1.82) is 0 Å². The van der Waals surface area contributed by atoms with Crippen molar-refractivity contribution in [2.24, 2.45) is 11.8 Å². The summed E-state index contributed by atoms with van der Waals surface area (Å²) < 4.78 is 0. The Morgan fingerprint density at radius 3 is 2.25 bits per heavy atom. The van der Waals surface area contributed by atoms with Crippen LogP contribution >= 0.6 is 0 Å². The molecule has 1 amide bonds. The lowest BCUT2D eigenvalue weighted by molar-refractivity contribution is -0.155. The fourth-order valence-corrected chi connectivity index (χ4v) is 4.65. The van der Waals surface area contributed by atoms with Gasteiger partial charge in [-0.2, -0.15) is 0 Å². The van der Waals surface area contributed by atoms with Crippen LogP contribution in [0.15, 0.2) is 0 Å². The van der Waals surface area contributed by atoms with Crippen molar-refractivity contribution in [2.75, 3.05) is 26.2 Å². The number of amides is 1. The van der Waals surface area contributed by atoms with Gasteiger partial charge in [-0.3, -0.25) is 4.79 Å². The fourth-order valence-electron chi connectivity index (χ4n) is 4.65. The highest BCUT2D eigenvalue weighted by Gasteiger charge is 2.49. The standard InChI is InChI=1S/C18H32N2O2.C2H6/c1-3-19-11-6-15(7-12-19)17(22)20-13-16(14(2)21)5-10-18(20)8-4-9-18;1-2/h14-16,21H,3-13H2,1-2H3;1-2H3. The largest absolute Gasteiger partial charge is 0.393 e. The minimum Gasteiger partial charge on any atom is -0.393 e. The summed E-state index contributed by atoms with van der Waals surface area (Å²) in [6, 6.07) is 0. The highest BCUT2D eigenvalue weighted by atomic mass is 16.3. The number of rotatable bonds is 3. The molecular weight excluding hydrogens is 300 g/mol. The Bertz CT molecular complexity index is 398. The minimum atomic E-state index is -0.297. The molecule has 140 valence electrons. The first-order valence-corrected chi connectivity index (χ1v) is 10.3. The van der Waals surface area contributed by atoms with Crippen molar-refractivity contribution in [3.63, 3.8) is 0 Å². The van der Waals surface area contributed by atoms with Crippen molar-refractivity contribution in [3.8, 4) is 0 Å². The van der Waals surface area contributed by atoms with E-state index in [0.29, 0.717) is 5.91 Å². The van der Waals surface area contributed by atoms with Gasteiger partial charge in [0.1, 0.15) is 0 Å². The molecule has 0 radical (unpaired) electrons. The second kappa shape index (κ2) is 8.66. The van der Waals surface area contributed by atoms with Crippen LogP contribution in [0.2, 0.25) is 0 Å². The van der Waals surface area contributed by atoms with Crippen molar-refractivity contribution < 1.29 is 9.90 Å². The number of aliphatic hydroxyl groups excluding tert-OH is 1. The maximum atomic E-state index is 13.2. The summed E-state index contributed by atoms with van der Waals surface area (Å²) in [6.07, 6.45) is 7.53. The van der Waals surface area contributed by atoms with Gasteiger partial charge in [-0.15, -0.1) is 0 Å². The number of carbonyl (C=O) groups is 1. The third-order valence-electron chi connectivity index (χ3n) is 6.59. The minimum absolute atomic E-state index is 0.157. The van der Waals surface area contributed by atoms with Gasteiger partial charge in [-0.25, -0.2) is 0 Å². The smallest absolute Gasteiger partial charge is 0.226 e. The summed E-state index contributed by atoms with van der Waals surface area (Å²) in [5.74, 6) is 0.875. The average molecular weight is 339 g/mol. The molecule has 1 aliphatic carbocycles. The van der Waals surface area contributed by atoms with E-state index >= 15 is 0 Å². The Hall–Kier alpha value is -0.610. The molecular formula is C20H38N2O2. The number of nitrogens with zero attached hydrogens (tertiary/aromatic N) is 2. The van der Waals surface area contributed by atoms with Crippen LogP contribution in [0, 0.1) is 11.8 Å². The van der Waals surface area contributed by atoms with E-state index in [1.807, 2.05) is 20.8 Å². The van der Waals surface area contributed by atoms with Crippen LogP contribution in [0.25, 0.3) is 0 Å². The van der Waals surface area contributed by atoms with E-state index in [9.17, 15) is 9.90 Å². The van der Waals surface area contributed by atoms with Crippen molar-refractivity contribution in [2.45, 2.75) is 84.3 Å². The number of hydrogen-bond donors (Lipinski definition) is 1. The van der Waals surface area contributed by atoms with E-state index in [4.69, 9.17) is 0 Å². The molecule has 0 aromatic rings. The lowest BCUT2D eigenvalue weighted by atomic mass is 9.67. The molecule has 2 atom stereocenters. The van der Waals surface area contributed by atoms with Gasteiger partial charge in [0.15, 0.2) is 0 Å². The summed E-state index contributed by atoms with van der Waals surface area (Å²) in [5.41, 5.74) is 0.157. The van der Waals surface area contributed by atoms with Crippen molar-refractivity contribution >= 4 is 5.91 Å². The normalized spacial score (nSPS) is 28.7. The first-order valence-electron chi connectivity index (χ1n) is 10.3. The number of hydrogen-bond acceptors (Lipinski definition) is 3. The predicted molar refractivity (Wildman–Crippen MR) is 98.9 cm³/mol. The second-order valence-corrected chi connectivity index (χ2v) is 7.77. The first kappa shape index (κ1) is 19.7. The maximum Gasteiger partial charge on any atom is 0.226 e. The van der Waals surface area contributed by atoms with Gasteiger partial charge in [0.25, 0.3) is 0 Å². The van der Waals surface area contributed by atoms with E-state index in [1.165, 1.54) is 19.3 Å². The van der Waals surface area contributed by atoms with E-state index < -0.39 is 0 Å². The number of aliphatic hydroxyl groups is 1. The lowest BCUT2D eigenvalue weighted by Crippen LogP contribution is -2.62. The Balaban J connectivity index is 0.00000100. The van der Waals surface area contributed by atoms with Crippen LogP contribution < -0.4 is 0 Å². The molecule has 1 spiro atoms. The zero-order chi connectivity index (χ0) is 17.7. The van der Waals surface area contributed by atoms with E-state index in [-0.39, 0.29) is 23.5 Å². The van der Waals surface area contributed by atoms with Gasteiger partial charge in [0.2, 0.25) is 5.91 Å². The molecule has 24 heavy (non-hydrogen) atoms. The van der Waals surface area contributed by atoms with Crippen LogP contribution in [0.1, 0.15) is 72.6 Å². The Kier molecular flexibility index (Phi) is 7.11. The van der Waals surface area contributed by atoms with Crippen LogP contribution in [-0.2, 0) is 4.79 Å². The van der Waals surface area contributed by atoms with Crippen LogP contribution in [0.5, 0.6) is 0 Å². The highest BCUT2D eigenvalue weighted by molar-refractivity contribution is 5.80. The Labute approximate surface area is 148 Å². The monoisotopic (exact) mass is 338 g/mol. The van der Waals surface area contributed by atoms with Crippen LogP contribution in [-0.4, -0.2) is 58.6 Å². The Morgan fingerprint density at radius 1 is 1.17 bits per heavy atom. The van der Waals surface area contributed by atoms with Crippen LogP contribution in [0.3, 0.4) is 0 Å². The molecule has 3 rings (SSSR count). The number of carbonyl (C=O) groups excluding carboxylic acids is 1. The fraction of sp³-hybridized carbons (Fsp3) is 0.950. The molecule has 2 unspecified atom stereocenters. The molecule has 2 aliphatic heterocycles. The third kappa shape index (κ3) is 3.96. The third-order valence-corrected chi connectivity index (χ3v) is 6.59. The molecule has 1 N–H and O–H groups in total. The molecule has 4 nitrogen and oxygen atoms in total. The second-order valence-electron chi connectivity index (χ2n) is 7.77. The summed E-state index contributed by atoms with van der Waals surface area (Å²) >= 11 is 0. The SMILES string of the molecule is CC.CCN1CCC(C(=O)N2CC(C(C)O)CCC23CCC3)CC1. The molecule has 0 aromatic heterocycles. The van der Waals surface area contributed by atoms with Gasteiger partial charge in [0, 0.05) is 23.9 Å². The van der Waals surface area contributed by atoms with Crippen LogP contribution in [0.4, 0.5) is 0 Å². The number of likely N-dealkylation sites (tertiary alicyclic amines) is 2. The molecule has 4 heteroatoms. The zero-order valence-electron chi connectivity index (χ0n) is 16.3. The molecule has 3 fully saturated rings. The van der Waals surface area contributed by atoms with Gasteiger partial charge in [0.05, 0.1) is 6.10 Å². The maximum absolute atomic E-state index is 13.2. The summed E-state index contributed by atoms with van der Waals surface area (Å²) in [7, 11) is 0. The molecule has 2 heterocycles. The Morgan fingerprint density at radius 2 is 1.79 bits per heavy atom. The first-order chi connectivity index (χ1) is 11.6. The van der Waals surface area contributed by atoms with Gasteiger partial charge in [-0.05, 0) is 71.5 Å². The van der Waals surface area contributed by atoms with Gasteiger partial charge >= 0.3 is 0 Å². The predicted octanol–water partition coefficient (Wildman–Crippen LogP) is 3.29. The highest BCUT2D eigenvalue weighted by Crippen LogP contribution is 2.47. The quantitative estimate of drug-likeness (QED) is 0.859.